The first kappa shape index (κ1) is 19.2. The quantitative estimate of drug-likeness (QED) is 0.743. The van der Waals surface area contributed by atoms with E-state index in [4.69, 9.17) is 4.74 Å². The molecule has 2 aromatic rings. The van der Waals surface area contributed by atoms with Gasteiger partial charge in [-0.2, -0.15) is 8.78 Å². The van der Waals surface area contributed by atoms with E-state index in [1.807, 2.05) is 7.05 Å². The number of alkyl halides is 2. The fourth-order valence-corrected chi connectivity index (χ4v) is 4.77. The van der Waals surface area contributed by atoms with Crippen molar-refractivity contribution >= 4 is 22.6 Å². The van der Waals surface area contributed by atoms with Gasteiger partial charge in [-0.25, -0.2) is 9.18 Å². The van der Waals surface area contributed by atoms with Crippen LogP contribution in [0.15, 0.2) is 17.1 Å². The summed E-state index contributed by atoms with van der Waals surface area (Å²) in [6.45, 7) is -2.33. The van der Waals surface area contributed by atoms with Crippen LogP contribution < -0.4 is 20.4 Å². The van der Waals surface area contributed by atoms with Crippen molar-refractivity contribution in [1.29, 1.82) is 0 Å². The van der Waals surface area contributed by atoms with Crippen LogP contribution in [-0.2, 0) is 0 Å². The van der Waals surface area contributed by atoms with Crippen molar-refractivity contribution in [3.63, 3.8) is 0 Å². The van der Waals surface area contributed by atoms with E-state index in [1.165, 1.54) is 4.57 Å². The number of benzene rings is 1. The molecule has 3 aliphatic rings. The third-order valence-corrected chi connectivity index (χ3v) is 6.54. The largest absolute Gasteiger partial charge is 0.477 e. The number of nitrogens with one attached hydrogen (secondary N) is 1. The number of pyridine rings is 1. The van der Waals surface area contributed by atoms with Gasteiger partial charge < -0.3 is 24.6 Å². The minimum absolute atomic E-state index is 0.0169. The summed E-state index contributed by atoms with van der Waals surface area (Å²) in [5.74, 6) is -2.47. The van der Waals surface area contributed by atoms with E-state index in [-0.39, 0.29) is 34.1 Å². The first-order valence-electron chi connectivity index (χ1n) is 9.79. The highest BCUT2D eigenvalue weighted by molar-refractivity contribution is 5.97. The normalized spacial score (nSPS) is 25.1. The molecule has 7 nitrogen and oxygen atoms in total. The topological polar surface area (TPSA) is 83.8 Å². The van der Waals surface area contributed by atoms with Gasteiger partial charge in [-0.1, -0.05) is 0 Å². The number of ether oxygens (including phenoxy) is 1. The second-order valence-corrected chi connectivity index (χ2v) is 8.31. The van der Waals surface area contributed by atoms with Gasteiger partial charge in [0.15, 0.2) is 11.6 Å². The summed E-state index contributed by atoms with van der Waals surface area (Å²) in [5.41, 5.74) is -1.71. The molecule has 30 heavy (non-hydrogen) atoms. The van der Waals surface area contributed by atoms with Gasteiger partial charge in [-0.3, -0.25) is 4.79 Å². The van der Waals surface area contributed by atoms with Gasteiger partial charge in [0.1, 0.15) is 11.3 Å². The molecule has 1 aliphatic heterocycles. The zero-order valence-corrected chi connectivity index (χ0v) is 16.1. The van der Waals surface area contributed by atoms with Gasteiger partial charge in [-0.05, 0) is 38.3 Å². The number of carbonyl (C=O) groups is 1. The molecular formula is C20H20F3N3O4. The van der Waals surface area contributed by atoms with Gasteiger partial charge in [-0.15, -0.1) is 0 Å². The van der Waals surface area contributed by atoms with Crippen LogP contribution in [0.3, 0.4) is 0 Å². The van der Waals surface area contributed by atoms with Crippen LogP contribution in [0.25, 0.3) is 10.9 Å². The lowest BCUT2D eigenvalue weighted by atomic mass is 10.1. The number of fused-ring (bicyclic) bond motifs is 2. The monoisotopic (exact) mass is 423 g/mol. The number of carboxylic acid groups (broad SMARTS) is 1. The summed E-state index contributed by atoms with van der Waals surface area (Å²) in [6, 6.07) is 0.798. The van der Waals surface area contributed by atoms with Crippen molar-refractivity contribution in [1.82, 2.24) is 9.88 Å². The molecule has 160 valence electrons. The van der Waals surface area contributed by atoms with E-state index in [0.717, 1.165) is 18.7 Å². The van der Waals surface area contributed by atoms with E-state index >= 15 is 4.39 Å². The van der Waals surface area contributed by atoms with Crippen molar-refractivity contribution in [2.45, 2.75) is 37.5 Å². The minimum Gasteiger partial charge on any atom is -0.477 e. The number of hydrogen-bond donors (Lipinski definition) is 2. The number of hydrogen-bond acceptors (Lipinski definition) is 5. The summed E-state index contributed by atoms with van der Waals surface area (Å²) in [6.07, 6.45) is 3.48. The summed E-state index contributed by atoms with van der Waals surface area (Å²) >= 11 is 0. The van der Waals surface area contributed by atoms with Gasteiger partial charge in [0.05, 0.1) is 10.9 Å². The third-order valence-electron chi connectivity index (χ3n) is 6.54. The number of aromatic nitrogens is 1. The van der Waals surface area contributed by atoms with Gasteiger partial charge in [0.25, 0.3) is 0 Å². The van der Waals surface area contributed by atoms with E-state index in [2.05, 4.69) is 5.32 Å². The Morgan fingerprint density at radius 1 is 1.40 bits per heavy atom. The zero-order chi connectivity index (χ0) is 21.4. The van der Waals surface area contributed by atoms with Crippen LogP contribution >= 0.6 is 0 Å². The molecule has 2 atom stereocenters. The van der Waals surface area contributed by atoms with E-state index < -0.39 is 35.1 Å². The summed E-state index contributed by atoms with van der Waals surface area (Å²) in [4.78, 5) is 25.9. The smallest absolute Gasteiger partial charge is 0.387 e. The molecule has 2 saturated carbocycles. The maximum Gasteiger partial charge on any atom is 0.387 e. The van der Waals surface area contributed by atoms with Crippen molar-refractivity contribution in [3.8, 4) is 5.75 Å². The number of likely N-dealkylation sites (N-methyl/N-ethyl adjacent to an activating group) is 1. The molecular weight excluding hydrogens is 403 g/mol. The van der Waals surface area contributed by atoms with Crippen LogP contribution in [0.4, 0.5) is 18.9 Å². The van der Waals surface area contributed by atoms with Crippen LogP contribution in [0.5, 0.6) is 5.75 Å². The third kappa shape index (κ3) is 2.77. The first-order chi connectivity index (χ1) is 14.3. The Kier molecular flexibility index (Phi) is 4.08. The summed E-state index contributed by atoms with van der Waals surface area (Å²) in [5, 5.41) is 12.3. The minimum atomic E-state index is -3.23. The number of anilines is 1. The molecule has 2 aliphatic carbocycles. The van der Waals surface area contributed by atoms with Crippen molar-refractivity contribution in [2.75, 3.05) is 25.0 Å². The molecule has 0 spiro atoms. The number of halogens is 3. The molecule has 0 bridgehead atoms. The molecule has 1 aromatic carbocycles. The Morgan fingerprint density at radius 2 is 2.13 bits per heavy atom. The predicted molar refractivity (Wildman–Crippen MR) is 102 cm³/mol. The lowest BCUT2D eigenvalue weighted by molar-refractivity contribution is -0.0488. The standard InChI is InChI=1S/C20H20F3N3O4/c1-24-20-5-9(20)6-25(8-20)15-13(21)4-11-14(17(15)30-19(22)23)26(10-2-3-10)7-12(16(11)27)18(28)29/h4,7,9-10,19,24H,2-3,5-6,8H2,1H3,(H,28,29). The number of carboxylic acids is 1. The number of nitrogens with zero attached hydrogens (tertiary/aromatic N) is 2. The van der Waals surface area contributed by atoms with E-state index in [9.17, 15) is 23.5 Å². The lowest BCUT2D eigenvalue weighted by Gasteiger charge is -2.27. The van der Waals surface area contributed by atoms with Crippen LogP contribution in [0, 0.1) is 11.7 Å². The highest BCUT2D eigenvalue weighted by atomic mass is 19.3. The maximum atomic E-state index is 15.2. The second-order valence-electron chi connectivity index (χ2n) is 8.31. The lowest BCUT2D eigenvalue weighted by Crippen LogP contribution is -2.36. The fourth-order valence-electron chi connectivity index (χ4n) is 4.77. The molecule has 3 fully saturated rings. The van der Waals surface area contributed by atoms with Gasteiger partial charge in [0.2, 0.25) is 5.43 Å². The number of piperidine rings is 1. The van der Waals surface area contributed by atoms with Crippen molar-refractivity contribution < 1.29 is 27.8 Å². The van der Waals surface area contributed by atoms with Crippen LogP contribution in [0.1, 0.15) is 35.7 Å². The maximum absolute atomic E-state index is 15.2. The highest BCUT2D eigenvalue weighted by Crippen LogP contribution is 2.53. The Hall–Kier alpha value is -2.75. The van der Waals surface area contributed by atoms with Crippen LogP contribution in [0.2, 0.25) is 0 Å². The molecule has 0 radical (unpaired) electrons. The predicted octanol–water partition coefficient (Wildman–Crippen LogP) is 2.57. The molecule has 2 unspecified atom stereocenters. The molecule has 0 amide bonds. The molecule has 1 aromatic heterocycles. The Labute approximate surface area is 169 Å². The highest BCUT2D eigenvalue weighted by Gasteiger charge is 2.59. The number of rotatable bonds is 6. The fraction of sp³-hybridized carbons (Fsp3) is 0.500. The molecule has 2 heterocycles. The van der Waals surface area contributed by atoms with Gasteiger partial charge in [0, 0.05) is 30.9 Å². The zero-order valence-electron chi connectivity index (χ0n) is 16.1. The Bertz CT molecular complexity index is 1130. The van der Waals surface area contributed by atoms with Crippen molar-refractivity contribution in [2.24, 2.45) is 5.92 Å². The molecule has 5 rings (SSSR count). The van der Waals surface area contributed by atoms with Crippen LogP contribution in [-0.4, -0.2) is 47.9 Å². The number of aromatic carboxylic acids is 1. The Morgan fingerprint density at radius 3 is 2.70 bits per heavy atom. The van der Waals surface area contributed by atoms with E-state index in [0.29, 0.717) is 25.9 Å². The molecule has 10 heteroatoms. The first-order valence-corrected chi connectivity index (χ1v) is 9.79. The van der Waals surface area contributed by atoms with Gasteiger partial charge >= 0.3 is 12.6 Å². The molecule has 1 saturated heterocycles. The van der Waals surface area contributed by atoms with E-state index in [1.54, 1.807) is 4.90 Å². The van der Waals surface area contributed by atoms with Crippen molar-refractivity contribution in [3.05, 3.63) is 33.9 Å². The SMILES string of the molecule is CNC12CC1CN(c1c(F)cc3c(=O)c(C(=O)O)cn(C4CC4)c3c1OC(F)F)C2. The second kappa shape index (κ2) is 6.37. The average Bonchev–Trinajstić information content (AvgIpc) is 3.60. The summed E-state index contributed by atoms with van der Waals surface area (Å²) < 4.78 is 48.3. The summed E-state index contributed by atoms with van der Waals surface area (Å²) in [7, 11) is 1.81. The Balaban J connectivity index is 1.78. The average molecular weight is 423 g/mol. The molecule has 2 N–H and O–H groups in total.